The van der Waals surface area contributed by atoms with Crippen molar-refractivity contribution in [3.63, 3.8) is 0 Å². The molecule has 0 unspecified atom stereocenters. The Labute approximate surface area is 133 Å². The highest BCUT2D eigenvalue weighted by Gasteiger charge is 2.36. The molecule has 4 rings (SSSR count). The molecule has 2 aromatic heterocycles. The van der Waals surface area contributed by atoms with Crippen LogP contribution in [0.2, 0.25) is 0 Å². The van der Waals surface area contributed by atoms with Crippen LogP contribution in [0.25, 0.3) is 6.08 Å². The van der Waals surface area contributed by atoms with E-state index >= 15 is 0 Å². The smallest absolute Gasteiger partial charge is 0.250 e. The van der Waals surface area contributed by atoms with E-state index in [4.69, 9.17) is 4.42 Å². The molecule has 1 N–H and O–H groups in total. The summed E-state index contributed by atoms with van der Waals surface area (Å²) in [6.45, 7) is 2.22. The van der Waals surface area contributed by atoms with Gasteiger partial charge in [-0.2, -0.15) is 0 Å². The fourth-order valence-corrected chi connectivity index (χ4v) is 3.39. The van der Waals surface area contributed by atoms with Gasteiger partial charge in [-0.3, -0.25) is 10.1 Å². The summed E-state index contributed by atoms with van der Waals surface area (Å²) in [5.74, 6) is 3.48. The molecule has 2 atom stereocenters. The highest BCUT2D eigenvalue weighted by Crippen LogP contribution is 2.47. The SMILES string of the molecule is C[C@@H]1C[C@H]1c1ccc(/C=C\C(=O)Nc2nc(C3CC3)cs2)o1. The lowest BCUT2D eigenvalue weighted by Crippen LogP contribution is -2.07. The highest BCUT2D eigenvalue weighted by molar-refractivity contribution is 7.14. The number of aromatic nitrogens is 1. The average Bonchev–Trinajstić information content (AvgIpc) is 3.38. The monoisotopic (exact) mass is 314 g/mol. The molecule has 1 amide bonds. The molecule has 2 fully saturated rings. The number of carbonyl (C=O) groups is 1. The van der Waals surface area contributed by atoms with Gasteiger partial charge in [-0.25, -0.2) is 4.98 Å². The lowest BCUT2D eigenvalue weighted by atomic mass is 10.3. The van der Waals surface area contributed by atoms with Gasteiger partial charge in [0.2, 0.25) is 5.91 Å². The minimum atomic E-state index is -0.172. The van der Waals surface area contributed by atoms with Crippen LogP contribution in [-0.4, -0.2) is 10.9 Å². The summed E-state index contributed by atoms with van der Waals surface area (Å²) in [6, 6.07) is 3.92. The summed E-state index contributed by atoms with van der Waals surface area (Å²) < 4.78 is 5.74. The summed E-state index contributed by atoms with van der Waals surface area (Å²) in [7, 11) is 0. The van der Waals surface area contributed by atoms with Crippen LogP contribution in [0.1, 0.15) is 55.2 Å². The Hall–Kier alpha value is -1.88. The summed E-state index contributed by atoms with van der Waals surface area (Å²) in [5, 5.41) is 5.51. The first-order valence-electron chi connectivity index (χ1n) is 7.73. The molecule has 0 bridgehead atoms. The van der Waals surface area contributed by atoms with E-state index in [1.54, 1.807) is 6.08 Å². The molecular formula is C17H18N2O2S. The number of carbonyl (C=O) groups excluding carboxylic acids is 1. The van der Waals surface area contributed by atoms with Crippen LogP contribution < -0.4 is 5.32 Å². The van der Waals surface area contributed by atoms with Crippen molar-refractivity contribution in [3.8, 4) is 0 Å². The minimum Gasteiger partial charge on any atom is -0.461 e. The van der Waals surface area contributed by atoms with Gasteiger partial charge in [0.1, 0.15) is 11.5 Å². The third-order valence-corrected chi connectivity index (χ3v) is 5.05. The third kappa shape index (κ3) is 2.99. The second-order valence-electron chi connectivity index (χ2n) is 6.23. The molecule has 2 aromatic rings. The number of hydrogen-bond acceptors (Lipinski definition) is 4. The van der Waals surface area contributed by atoms with Gasteiger partial charge < -0.3 is 4.42 Å². The Balaban J connectivity index is 1.35. The van der Waals surface area contributed by atoms with Crippen molar-refractivity contribution >= 4 is 28.5 Å². The van der Waals surface area contributed by atoms with Crippen LogP contribution in [-0.2, 0) is 4.79 Å². The second kappa shape index (κ2) is 5.39. The Morgan fingerprint density at radius 2 is 2.27 bits per heavy atom. The van der Waals surface area contributed by atoms with E-state index in [2.05, 4.69) is 17.2 Å². The lowest BCUT2D eigenvalue weighted by Gasteiger charge is -1.95. The molecule has 22 heavy (non-hydrogen) atoms. The minimum absolute atomic E-state index is 0.172. The number of nitrogens with zero attached hydrogens (tertiary/aromatic N) is 1. The first kappa shape index (κ1) is 13.8. The van der Waals surface area contributed by atoms with Crippen molar-refractivity contribution in [2.24, 2.45) is 5.92 Å². The molecular weight excluding hydrogens is 296 g/mol. The number of amides is 1. The number of thiazole rings is 1. The van der Waals surface area contributed by atoms with Gasteiger partial charge in [0.05, 0.1) is 5.69 Å². The molecule has 2 aliphatic carbocycles. The zero-order valence-corrected chi connectivity index (χ0v) is 13.2. The standard InChI is InChI=1S/C17H18N2O2S/c1-10-8-13(10)15-6-4-12(21-15)5-7-16(20)19-17-18-14(9-22-17)11-2-3-11/h4-7,9-11,13H,2-3,8H2,1H3,(H,18,19,20)/b7-5-/t10-,13-/m1/s1. The molecule has 2 saturated carbocycles. The highest BCUT2D eigenvalue weighted by atomic mass is 32.1. The van der Waals surface area contributed by atoms with Crippen LogP contribution in [0.5, 0.6) is 0 Å². The van der Waals surface area contributed by atoms with Crippen LogP contribution in [0, 0.1) is 5.92 Å². The lowest BCUT2D eigenvalue weighted by molar-refractivity contribution is -0.111. The molecule has 0 saturated heterocycles. The zero-order chi connectivity index (χ0) is 15.1. The number of nitrogens with one attached hydrogen (secondary N) is 1. The topological polar surface area (TPSA) is 55.1 Å². The molecule has 114 valence electrons. The summed E-state index contributed by atoms with van der Waals surface area (Å²) in [6.07, 6.45) is 6.85. The van der Waals surface area contributed by atoms with E-state index in [9.17, 15) is 4.79 Å². The van der Waals surface area contributed by atoms with Crippen molar-refractivity contribution in [2.45, 2.75) is 38.0 Å². The predicted molar refractivity (Wildman–Crippen MR) is 87.0 cm³/mol. The molecule has 0 aliphatic heterocycles. The van der Waals surface area contributed by atoms with Gasteiger partial charge in [0, 0.05) is 23.3 Å². The summed E-state index contributed by atoms with van der Waals surface area (Å²) >= 11 is 1.48. The molecule has 0 aromatic carbocycles. The van der Waals surface area contributed by atoms with Crippen molar-refractivity contribution < 1.29 is 9.21 Å². The van der Waals surface area contributed by atoms with Crippen LogP contribution >= 0.6 is 11.3 Å². The maximum Gasteiger partial charge on any atom is 0.250 e. The first-order valence-corrected chi connectivity index (χ1v) is 8.61. The third-order valence-electron chi connectivity index (χ3n) is 4.27. The first-order chi connectivity index (χ1) is 10.7. The number of furan rings is 1. The fourth-order valence-electron chi connectivity index (χ4n) is 2.59. The number of rotatable bonds is 5. The van der Waals surface area contributed by atoms with Crippen LogP contribution in [0.3, 0.4) is 0 Å². The Morgan fingerprint density at radius 1 is 1.45 bits per heavy atom. The van der Waals surface area contributed by atoms with Gasteiger partial charge in [-0.15, -0.1) is 11.3 Å². The van der Waals surface area contributed by atoms with Gasteiger partial charge >= 0.3 is 0 Å². The Morgan fingerprint density at radius 3 is 3.00 bits per heavy atom. The van der Waals surface area contributed by atoms with Crippen LogP contribution in [0.4, 0.5) is 5.13 Å². The predicted octanol–water partition coefficient (Wildman–Crippen LogP) is 4.39. The molecule has 0 spiro atoms. The fraction of sp³-hybridized carbons (Fsp3) is 0.412. The van der Waals surface area contributed by atoms with Crippen LogP contribution in [0.15, 0.2) is 28.0 Å². The zero-order valence-electron chi connectivity index (χ0n) is 12.4. The molecule has 5 heteroatoms. The van der Waals surface area contributed by atoms with Crippen molar-refractivity contribution in [1.82, 2.24) is 4.98 Å². The second-order valence-corrected chi connectivity index (χ2v) is 7.09. The van der Waals surface area contributed by atoms with Gasteiger partial charge in [0.25, 0.3) is 0 Å². The number of hydrogen-bond donors (Lipinski definition) is 1. The van der Waals surface area contributed by atoms with E-state index in [-0.39, 0.29) is 5.91 Å². The van der Waals surface area contributed by atoms with Crippen molar-refractivity contribution in [3.05, 3.63) is 40.8 Å². The maximum absolute atomic E-state index is 11.9. The Kier molecular flexibility index (Phi) is 3.37. The largest absolute Gasteiger partial charge is 0.461 e. The number of anilines is 1. The van der Waals surface area contributed by atoms with E-state index in [0.29, 0.717) is 17.0 Å². The van der Waals surface area contributed by atoms with Gasteiger partial charge in [-0.05, 0) is 43.4 Å². The van der Waals surface area contributed by atoms with E-state index < -0.39 is 0 Å². The average molecular weight is 314 g/mol. The Bertz CT molecular complexity index is 727. The molecule has 4 nitrogen and oxygen atoms in total. The van der Waals surface area contributed by atoms with Gasteiger partial charge in [-0.1, -0.05) is 6.92 Å². The summed E-state index contributed by atoms with van der Waals surface area (Å²) in [4.78, 5) is 16.4. The van der Waals surface area contributed by atoms with E-state index in [1.807, 2.05) is 17.5 Å². The summed E-state index contributed by atoms with van der Waals surface area (Å²) in [5.41, 5.74) is 1.11. The maximum atomic E-state index is 11.9. The molecule has 2 aliphatic rings. The van der Waals surface area contributed by atoms with Crippen molar-refractivity contribution in [2.75, 3.05) is 5.32 Å². The van der Waals surface area contributed by atoms with E-state index in [1.165, 1.54) is 36.7 Å². The quantitative estimate of drug-likeness (QED) is 0.833. The van der Waals surface area contributed by atoms with Crippen molar-refractivity contribution in [1.29, 1.82) is 0 Å². The molecule has 2 heterocycles. The molecule has 0 radical (unpaired) electrons. The van der Waals surface area contributed by atoms with Gasteiger partial charge in [0.15, 0.2) is 5.13 Å². The van der Waals surface area contributed by atoms with E-state index in [0.717, 1.165) is 23.1 Å². The normalized spacial score (nSPS) is 23.9.